The second-order valence-corrected chi connectivity index (χ2v) is 6.63. The van der Waals surface area contributed by atoms with Crippen molar-refractivity contribution < 1.29 is 9.47 Å². The van der Waals surface area contributed by atoms with Crippen molar-refractivity contribution in [2.45, 2.75) is 19.9 Å². The lowest BCUT2D eigenvalue weighted by atomic mass is 10.1. The first kappa shape index (κ1) is 22.0. The topological polar surface area (TPSA) is 61.4 Å². The number of hydrogen-bond acceptors (Lipinski definition) is 5. The quantitative estimate of drug-likeness (QED) is 0.348. The normalized spacial score (nSPS) is 24.1. The Morgan fingerprint density at radius 2 is 1.96 bits per heavy atom. The molecular formula is C19H32IN5O2. The monoisotopic (exact) mass is 489 g/mol. The summed E-state index contributed by atoms with van der Waals surface area (Å²) in [6, 6.07) is 6.36. The van der Waals surface area contributed by atoms with E-state index in [2.05, 4.69) is 27.4 Å². The summed E-state index contributed by atoms with van der Waals surface area (Å²) in [4.78, 5) is 9.92. The van der Waals surface area contributed by atoms with Gasteiger partial charge in [-0.3, -0.25) is 14.8 Å². The molecule has 2 N–H and O–H groups in total. The molecule has 0 saturated carbocycles. The number of guanidine groups is 1. The molecule has 3 aliphatic rings. The van der Waals surface area contributed by atoms with Crippen molar-refractivity contribution in [3.8, 4) is 11.5 Å². The third kappa shape index (κ3) is 5.86. The molecule has 4 rings (SSSR count). The van der Waals surface area contributed by atoms with Crippen LogP contribution in [0, 0.1) is 0 Å². The smallest absolute Gasteiger partial charge is 0.195 e. The van der Waals surface area contributed by atoms with E-state index in [0.29, 0.717) is 12.6 Å². The van der Waals surface area contributed by atoms with Gasteiger partial charge in [0, 0.05) is 57.1 Å². The lowest BCUT2D eigenvalue weighted by Crippen LogP contribution is -2.61. The molecule has 0 aliphatic carbocycles. The molecule has 3 aliphatic heterocycles. The minimum atomic E-state index is 0. The maximum atomic E-state index is 5.58. The van der Waals surface area contributed by atoms with Crippen LogP contribution in [0.15, 0.2) is 23.2 Å². The second-order valence-electron chi connectivity index (χ2n) is 6.63. The van der Waals surface area contributed by atoms with Crippen molar-refractivity contribution >= 4 is 35.6 Å². The lowest BCUT2D eigenvalue weighted by Gasteiger charge is -2.47. The van der Waals surface area contributed by atoms with Gasteiger partial charge in [0.1, 0.15) is 0 Å². The Morgan fingerprint density at radius 1 is 1.19 bits per heavy atom. The predicted octanol–water partition coefficient (Wildman–Crippen LogP) is 2.09. The van der Waals surface area contributed by atoms with E-state index in [-0.39, 0.29) is 24.0 Å². The van der Waals surface area contributed by atoms with Crippen molar-refractivity contribution in [3.05, 3.63) is 18.2 Å². The van der Waals surface area contributed by atoms with Gasteiger partial charge in [-0.2, -0.15) is 0 Å². The van der Waals surface area contributed by atoms with E-state index < -0.39 is 0 Å². The van der Waals surface area contributed by atoms with Gasteiger partial charge < -0.3 is 20.1 Å². The average molecular weight is 489 g/mol. The van der Waals surface area contributed by atoms with Crippen LogP contribution in [0.4, 0.5) is 5.69 Å². The SMILES string of the molecule is CCNC(=NCC1CN2CCN1CC2)Nc1ccc(OCC)c(OC)c1.I. The molecule has 152 valence electrons. The number of nitrogens with one attached hydrogen (secondary N) is 2. The van der Waals surface area contributed by atoms with Gasteiger partial charge in [-0.15, -0.1) is 24.0 Å². The molecule has 0 aromatic heterocycles. The van der Waals surface area contributed by atoms with E-state index in [1.165, 1.54) is 26.2 Å². The molecule has 8 heteroatoms. The Balaban J connectivity index is 0.00000261. The summed E-state index contributed by atoms with van der Waals surface area (Å²) < 4.78 is 11.0. The van der Waals surface area contributed by atoms with Gasteiger partial charge in [0.05, 0.1) is 20.3 Å². The van der Waals surface area contributed by atoms with Crippen LogP contribution in [0.25, 0.3) is 0 Å². The fourth-order valence-corrected chi connectivity index (χ4v) is 3.56. The van der Waals surface area contributed by atoms with Crippen LogP contribution in [0.3, 0.4) is 0 Å². The highest BCUT2D eigenvalue weighted by molar-refractivity contribution is 14.0. The maximum absolute atomic E-state index is 5.58. The summed E-state index contributed by atoms with van der Waals surface area (Å²) in [5.74, 6) is 2.27. The molecule has 2 bridgehead atoms. The zero-order valence-corrected chi connectivity index (χ0v) is 18.9. The van der Waals surface area contributed by atoms with E-state index in [0.717, 1.165) is 42.8 Å². The number of piperazine rings is 3. The van der Waals surface area contributed by atoms with E-state index in [9.17, 15) is 0 Å². The van der Waals surface area contributed by atoms with Crippen LogP contribution in [-0.2, 0) is 0 Å². The van der Waals surface area contributed by atoms with Crippen molar-refractivity contribution in [1.29, 1.82) is 0 Å². The fourth-order valence-electron chi connectivity index (χ4n) is 3.56. The average Bonchev–Trinajstić information content (AvgIpc) is 2.68. The number of halogens is 1. The molecule has 1 aromatic rings. The van der Waals surface area contributed by atoms with Crippen LogP contribution in [-0.4, -0.2) is 81.3 Å². The molecule has 0 amide bonds. The number of ether oxygens (including phenoxy) is 2. The molecule has 0 spiro atoms. The molecule has 0 radical (unpaired) electrons. The largest absolute Gasteiger partial charge is 0.493 e. The van der Waals surface area contributed by atoms with Crippen LogP contribution in [0.2, 0.25) is 0 Å². The molecular weight excluding hydrogens is 457 g/mol. The summed E-state index contributed by atoms with van der Waals surface area (Å²) in [5.41, 5.74) is 0.930. The number of aliphatic imine (C=N–C) groups is 1. The molecule has 3 fully saturated rings. The summed E-state index contributed by atoms with van der Waals surface area (Å²) >= 11 is 0. The number of rotatable bonds is 7. The Labute approximate surface area is 179 Å². The molecule has 27 heavy (non-hydrogen) atoms. The van der Waals surface area contributed by atoms with Crippen molar-refractivity contribution in [2.75, 3.05) is 64.8 Å². The van der Waals surface area contributed by atoms with E-state index in [1.54, 1.807) is 7.11 Å². The first-order valence-electron chi connectivity index (χ1n) is 9.56. The maximum Gasteiger partial charge on any atom is 0.195 e. The van der Waals surface area contributed by atoms with E-state index >= 15 is 0 Å². The van der Waals surface area contributed by atoms with Crippen LogP contribution >= 0.6 is 24.0 Å². The Kier molecular flexibility index (Phi) is 8.91. The van der Waals surface area contributed by atoms with Crippen LogP contribution in [0.5, 0.6) is 11.5 Å². The van der Waals surface area contributed by atoms with Crippen molar-refractivity contribution in [3.63, 3.8) is 0 Å². The van der Waals surface area contributed by atoms with Gasteiger partial charge in [-0.05, 0) is 26.0 Å². The van der Waals surface area contributed by atoms with Crippen molar-refractivity contribution in [2.24, 2.45) is 4.99 Å². The molecule has 3 heterocycles. The fraction of sp³-hybridized carbons (Fsp3) is 0.632. The summed E-state index contributed by atoms with van der Waals surface area (Å²) in [6.45, 7) is 12.1. The van der Waals surface area contributed by atoms with Crippen LogP contribution in [0.1, 0.15) is 13.8 Å². The molecule has 7 nitrogen and oxygen atoms in total. The number of anilines is 1. The standard InChI is InChI=1S/C19H31N5O2.HI/c1-4-20-19(21-13-16-14-23-8-10-24(16)11-9-23)22-15-6-7-17(26-5-2)18(12-15)25-3;/h6-7,12,16H,4-5,8-11,13-14H2,1-3H3,(H2,20,21,22);1H. The third-order valence-corrected chi connectivity index (χ3v) is 4.92. The van der Waals surface area contributed by atoms with Gasteiger partial charge >= 0.3 is 0 Å². The summed E-state index contributed by atoms with van der Waals surface area (Å²) in [5, 5.41) is 6.71. The van der Waals surface area contributed by atoms with Gasteiger partial charge in [0.25, 0.3) is 0 Å². The molecule has 3 saturated heterocycles. The number of hydrogen-bond donors (Lipinski definition) is 2. The zero-order valence-electron chi connectivity index (χ0n) is 16.5. The second kappa shape index (κ2) is 10.9. The summed E-state index contributed by atoms with van der Waals surface area (Å²) in [7, 11) is 1.66. The Morgan fingerprint density at radius 3 is 2.56 bits per heavy atom. The number of methoxy groups -OCH3 is 1. The van der Waals surface area contributed by atoms with Gasteiger partial charge in [-0.25, -0.2) is 0 Å². The molecule has 1 atom stereocenters. The number of nitrogens with zero attached hydrogens (tertiary/aromatic N) is 3. The van der Waals surface area contributed by atoms with E-state index in [1.807, 2.05) is 25.1 Å². The van der Waals surface area contributed by atoms with Crippen molar-refractivity contribution in [1.82, 2.24) is 15.1 Å². The number of benzene rings is 1. The first-order valence-corrected chi connectivity index (χ1v) is 9.56. The Hall–Kier alpha value is -1.26. The predicted molar refractivity (Wildman–Crippen MR) is 121 cm³/mol. The third-order valence-electron chi connectivity index (χ3n) is 4.92. The molecule has 1 unspecified atom stereocenters. The van der Waals surface area contributed by atoms with Gasteiger partial charge in [-0.1, -0.05) is 0 Å². The highest BCUT2D eigenvalue weighted by Gasteiger charge is 2.31. The van der Waals surface area contributed by atoms with E-state index in [4.69, 9.17) is 14.5 Å². The van der Waals surface area contributed by atoms with Gasteiger partial charge in [0.2, 0.25) is 0 Å². The first-order chi connectivity index (χ1) is 12.7. The Bertz CT molecular complexity index is 620. The molecule has 1 aromatic carbocycles. The highest BCUT2D eigenvalue weighted by atomic mass is 127. The number of fused-ring (bicyclic) bond motifs is 3. The zero-order chi connectivity index (χ0) is 18.4. The highest BCUT2D eigenvalue weighted by Crippen LogP contribution is 2.30. The van der Waals surface area contributed by atoms with Gasteiger partial charge in [0.15, 0.2) is 17.5 Å². The van der Waals surface area contributed by atoms with Crippen LogP contribution < -0.4 is 20.1 Å². The minimum Gasteiger partial charge on any atom is -0.493 e. The minimum absolute atomic E-state index is 0. The summed E-state index contributed by atoms with van der Waals surface area (Å²) in [6.07, 6.45) is 0. The lowest BCUT2D eigenvalue weighted by molar-refractivity contribution is 0.0174.